The van der Waals surface area contributed by atoms with Crippen molar-refractivity contribution >= 4 is 0 Å². The third kappa shape index (κ3) is 1.99. The van der Waals surface area contributed by atoms with E-state index in [-0.39, 0.29) is 0 Å². The third-order valence-electron chi connectivity index (χ3n) is 3.30. The van der Waals surface area contributed by atoms with Gasteiger partial charge in [0.2, 0.25) is 0 Å². The first kappa shape index (κ1) is 10.0. The van der Waals surface area contributed by atoms with Crippen LogP contribution in [0.2, 0.25) is 0 Å². The summed E-state index contributed by atoms with van der Waals surface area (Å²) in [4.78, 5) is 0. The lowest BCUT2D eigenvalue weighted by Gasteiger charge is -2.29. The highest BCUT2D eigenvalue weighted by Gasteiger charge is 2.31. The Labute approximate surface area is 75.9 Å². The topological polar surface area (TPSA) is 38.0 Å². The van der Waals surface area contributed by atoms with Crippen molar-refractivity contribution in [3.05, 3.63) is 0 Å². The first-order valence-corrected chi connectivity index (χ1v) is 5.13. The van der Waals surface area contributed by atoms with Crippen molar-refractivity contribution in [1.82, 2.24) is 5.43 Å². The van der Waals surface area contributed by atoms with Gasteiger partial charge in [0, 0.05) is 6.04 Å². The van der Waals surface area contributed by atoms with Gasteiger partial charge in [0.15, 0.2) is 0 Å². The van der Waals surface area contributed by atoms with E-state index in [1.807, 2.05) is 0 Å². The summed E-state index contributed by atoms with van der Waals surface area (Å²) in [6.07, 6.45) is 4.13. The number of hydrazine groups is 1. The van der Waals surface area contributed by atoms with Crippen LogP contribution in [0, 0.1) is 17.8 Å². The molecule has 0 aliphatic heterocycles. The molecule has 1 aliphatic carbocycles. The van der Waals surface area contributed by atoms with Crippen LogP contribution >= 0.6 is 0 Å². The normalized spacial score (nSPS) is 32.8. The van der Waals surface area contributed by atoms with Gasteiger partial charge in [-0.2, -0.15) is 0 Å². The van der Waals surface area contributed by atoms with Crippen LogP contribution in [0.5, 0.6) is 0 Å². The molecule has 0 amide bonds. The maximum Gasteiger partial charge on any atom is 0.0264 e. The molecule has 0 aromatic carbocycles. The summed E-state index contributed by atoms with van der Waals surface area (Å²) < 4.78 is 0. The molecule has 0 bridgehead atoms. The van der Waals surface area contributed by atoms with Crippen LogP contribution in [0.1, 0.15) is 40.0 Å². The largest absolute Gasteiger partial charge is 0.271 e. The maximum atomic E-state index is 5.57. The van der Waals surface area contributed by atoms with E-state index in [4.69, 9.17) is 5.84 Å². The van der Waals surface area contributed by atoms with Gasteiger partial charge in [-0.15, -0.1) is 0 Å². The number of hydrogen-bond donors (Lipinski definition) is 2. The zero-order valence-electron chi connectivity index (χ0n) is 8.51. The van der Waals surface area contributed by atoms with Gasteiger partial charge in [0.25, 0.3) is 0 Å². The summed E-state index contributed by atoms with van der Waals surface area (Å²) in [6, 6.07) is 0.516. The van der Waals surface area contributed by atoms with Crippen LogP contribution in [0.15, 0.2) is 0 Å². The van der Waals surface area contributed by atoms with E-state index >= 15 is 0 Å². The van der Waals surface area contributed by atoms with Crippen LogP contribution in [0.4, 0.5) is 0 Å². The van der Waals surface area contributed by atoms with Crippen molar-refractivity contribution in [2.24, 2.45) is 23.6 Å². The Morgan fingerprint density at radius 3 is 2.33 bits per heavy atom. The summed E-state index contributed by atoms with van der Waals surface area (Å²) in [5.41, 5.74) is 2.97. The zero-order chi connectivity index (χ0) is 9.14. The molecule has 0 radical (unpaired) electrons. The molecule has 3 unspecified atom stereocenters. The SMILES string of the molecule is CC(C)C(NN)C1CCCC1C. The van der Waals surface area contributed by atoms with Crippen molar-refractivity contribution < 1.29 is 0 Å². The van der Waals surface area contributed by atoms with Crippen LogP contribution in [0.25, 0.3) is 0 Å². The molecule has 2 nitrogen and oxygen atoms in total. The Morgan fingerprint density at radius 1 is 1.33 bits per heavy atom. The summed E-state index contributed by atoms with van der Waals surface area (Å²) in [6.45, 7) is 6.84. The van der Waals surface area contributed by atoms with Crippen LogP contribution in [-0.4, -0.2) is 6.04 Å². The quantitative estimate of drug-likeness (QED) is 0.501. The minimum absolute atomic E-state index is 0.516. The Hall–Kier alpha value is -0.0800. The van der Waals surface area contributed by atoms with Gasteiger partial charge in [-0.25, -0.2) is 0 Å². The van der Waals surface area contributed by atoms with E-state index in [0.29, 0.717) is 12.0 Å². The number of nitrogens with two attached hydrogens (primary N) is 1. The molecule has 1 rings (SSSR count). The average molecular weight is 170 g/mol. The second-order valence-electron chi connectivity index (χ2n) is 4.51. The predicted octanol–water partition coefficient (Wildman–Crippen LogP) is 1.91. The molecule has 1 saturated carbocycles. The van der Waals surface area contributed by atoms with Crippen molar-refractivity contribution in [3.8, 4) is 0 Å². The van der Waals surface area contributed by atoms with Gasteiger partial charge in [-0.05, 0) is 24.2 Å². The standard InChI is InChI=1S/C10H22N2/c1-7(2)10(12-11)9-6-4-5-8(9)3/h7-10,12H,4-6,11H2,1-3H3. The highest BCUT2D eigenvalue weighted by Crippen LogP contribution is 2.35. The van der Waals surface area contributed by atoms with E-state index in [1.165, 1.54) is 19.3 Å². The summed E-state index contributed by atoms with van der Waals surface area (Å²) >= 11 is 0. The van der Waals surface area contributed by atoms with Gasteiger partial charge in [0.1, 0.15) is 0 Å². The number of hydrogen-bond acceptors (Lipinski definition) is 2. The van der Waals surface area contributed by atoms with E-state index in [2.05, 4.69) is 26.2 Å². The van der Waals surface area contributed by atoms with Gasteiger partial charge in [-0.1, -0.05) is 33.6 Å². The highest BCUT2D eigenvalue weighted by molar-refractivity contribution is 4.85. The molecule has 0 aromatic heterocycles. The third-order valence-corrected chi connectivity index (χ3v) is 3.30. The van der Waals surface area contributed by atoms with Gasteiger partial charge in [0.05, 0.1) is 0 Å². The first-order valence-electron chi connectivity index (χ1n) is 5.13. The summed E-state index contributed by atoms with van der Waals surface area (Å²) in [7, 11) is 0. The lowest BCUT2D eigenvalue weighted by Crippen LogP contribution is -2.45. The molecule has 0 heterocycles. The fourth-order valence-corrected chi connectivity index (χ4v) is 2.52. The molecular formula is C10H22N2. The summed E-state index contributed by atoms with van der Waals surface area (Å²) in [5, 5.41) is 0. The molecular weight excluding hydrogens is 148 g/mol. The molecule has 2 heteroatoms. The molecule has 0 saturated heterocycles. The smallest absolute Gasteiger partial charge is 0.0264 e. The van der Waals surface area contributed by atoms with E-state index in [0.717, 1.165) is 11.8 Å². The zero-order valence-corrected chi connectivity index (χ0v) is 8.51. The van der Waals surface area contributed by atoms with Gasteiger partial charge in [-0.3, -0.25) is 11.3 Å². The van der Waals surface area contributed by atoms with Crippen molar-refractivity contribution in [1.29, 1.82) is 0 Å². The van der Waals surface area contributed by atoms with Crippen molar-refractivity contribution in [2.75, 3.05) is 0 Å². The molecule has 12 heavy (non-hydrogen) atoms. The lowest BCUT2D eigenvalue weighted by molar-refractivity contribution is 0.243. The molecule has 1 fully saturated rings. The Bertz CT molecular complexity index is 134. The fourth-order valence-electron chi connectivity index (χ4n) is 2.52. The molecule has 3 N–H and O–H groups in total. The maximum absolute atomic E-state index is 5.57. The van der Waals surface area contributed by atoms with E-state index in [1.54, 1.807) is 0 Å². The van der Waals surface area contributed by atoms with Gasteiger partial charge < -0.3 is 0 Å². The molecule has 72 valence electrons. The average Bonchev–Trinajstić information content (AvgIpc) is 2.38. The Morgan fingerprint density at radius 2 is 2.00 bits per heavy atom. The lowest BCUT2D eigenvalue weighted by atomic mass is 9.84. The second-order valence-corrected chi connectivity index (χ2v) is 4.51. The Balaban J connectivity index is 2.52. The predicted molar refractivity (Wildman–Crippen MR) is 52.5 cm³/mol. The molecule has 3 atom stereocenters. The van der Waals surface area contributed by atoms with Crippen LogP contribution in [-0.2, 0) is 0 Å². The first-order chi connectivity index (χ1) is 5.66. The van der Waals surface area contributed by atoms with Crippen LogP contribution in [0.3, 0.4) is 0 Å². The fraction of sp³-hybridized carbons (Fsp3) is 1.00. The van der Waals surface area contributed by atoms with Crippen molar-refractivity contribution in [2.45, 2.75) is 46.1 Å². The molecule has 0 spiro atoms. The monoisotopic (exact) mass is 170 g/mol. The minimum atomic E-state index is 0.516. The molecule has 0 aromatic rings. The van der Waals surface area contributed by atoms with E-state index < -0.39 is 0 Å². The van der Waals surface area contributed by atoms with Gasteiger partial charge >= 0.3 is 0 Å². The minimum Gasteiger partial charge on any atom is -0.271 e. The van der Waals surface area contributed by atoms with Crippen molar-refractivity contribution in [3.63, 3.8) is 0 Å². The molecule has 1 aliphatic rings. The van der Waals surface area contributed by atoms with Crippen LogP contribution < -0.4 is 11.3 Å². The number of nitrogens with one attached hydrogen (secondary N) is 1. The number of rotatable bonds is 3. The Kier molecular flexibility index (Phi) is 3.53. The highest BCUT2D eigenvalue weighted by atomic mass is 15.2. The second kappa shape index (κ2) is 4.24. The van der Waals surface area contributed by atoms with E-state index in [9.17, 15) is 0 Å². The summed E-state index contributed by atoms with van der Waals surface area (Å²) in [5.74, 6) is 7.88.